The molecule has 25 heavy (non-hydrogen) atoms. The Hall–Kier alpha value is -3.49. The van der Waals surface area contributed by atoms with Crippen LogP contribution in [0.3, 0.4) is 0 Å². The maximum atomic E-state index is 11.5. The molecule has 0 fully saturated rings. The molecule has 0 radical (unpaired) electrons. The molecule has 3 rings (SSSR count). The molecule has 0 unspecified atom stereocenters. The first-order valence-corrected chi connectivity index (χ1v) is 7.27. The van der Waals surface area contributed by atoms with Crippen LogP contribution in [0.25, 0.3) is 5.65 Å². The number of nitro groups is 1. The summed E-state index contributed by atoms with van der Waals surface area (Å²) in [4.78, 5) is 15.3. The summed E-state index contributed by atoms with van der Waals surface area (Å²) in [5.74, 6) is 1.24. The van der Waals surface area contributed by atoms with E-state index in [4.69, 9.17) is 14.2 Å². The number of hydrogen-bond donors (Lipinski definition) is 1. The van der Waals surface area contributed by atoms with E-state index in [9.17, 15) is 10.1 Å². The van der Waals surface area contributed by atoms with E-state index < -0.39 is 4.92 Å². The van der Waals surface area contributed by atoms with Crippen LogP contribution in [0.4, 0.5) is 17.3 Å². The Balaban J connectivity index is 2.10. The van der Waals surface area contributed by atoms with Gasteiger partial charge in [-0.25, -0.2) is 0 Å². The van der Waals surface area contributed by atoms with Crippen molar-refractivity contribution in [2.75, 3.05) is 26.6 Å². The van der Waals surface area contributed by atoms with E-state index in [2.05, 4.69) is 10.3 Å². The highest BCUT2D eigenvalue weighted by Gasteiger charge is 2.23. The summed E-state index contributed by atoms with van der Waals surface area (Å²) in [6.07, 6.45) is 1.58. The molecule has 1 N–H and O–H groups in total. The van der Waals surface area contributed by atoms with Crippen molar-refractivity contribution in [2.45, 2.75) is 0 Å². The van der Waals surface area contributed by atoms with Gasteiger partial charge in [0.1, 0.15) is 0 Å². The van der Waals surface area contributed by atoms with Crippen LogP contribution in [-0.4, -0.2) is 35.6 Å². The van der Waals surface area contributed by atoms with Gasteiger partial charge in [0.15, 0.2) is 11.5 Å². The largest absolute Gasteiger partial charge is 0.493 e. The number of imidazole rings is 1. The van der Waals surface area contributed by atoms with Crippen LogP contribution in [0.5, 0.6) is 17.2 Å². The molecule has 0 saturated heterocycles. The highest BCUT2D eigenvalue weighted by atomic mass is 16.6. The molecule has 2 aromatic heterocycles. The number of pyridine rings is 1. The van der Waals surface area contributed by atoms with Crippen LogP contribution >= 0.6 is 0 Å². The number of rotatable bonds is 6. The lowest BCUT2D eigenvalue weighted by molar-refractivity contribution is -0.389. The lowest BCUT2D eigenvalue weighted by atomic mass is 10.2. The molecule has 9 heteroatoms. The number of ether oxygens (including phenoxy) is 3. The second-order valence-corrected chi connectivity index (χ2v) is 5.01. The number of methoxy groups -OCH3 is 3. The molecule has 0 bridgehead atoms. The minimum atomic E-state index is -0.486. The lowest BCUT2D eigenvalue weighted by Crippen LogP contribution is -2.00. The lowest BCUT2D eigenvalue weighted by Gasteiger charge is -2.14. The molecule has 0 aliphatic rings. The van der Waals surface area contributed by atoms with Crippen LogP contribution < -0.4 is 19.5 Å². The van der Waals surface area contributed by atoms with Gasteiger partial charge in [-0.15, -0.1) is 0 Å². The SMILES string of the molecule is COc1cc(Nc2nc3ccccn3c2[N+](=O)[O-])cc(OC)c1OC. The van der Waals surface area contributed by atoms with Gasteiger partial charge in [0.25, 0.3) is 0 Å². The first kappa shape index (κ1) is 16.4. The molecule has 3 aromatic rings. The van der Waals surface area contributed by atoms with E-state index in [1.807, 2.05) is 0 Å². The van der Waals surface area contributed by atoms with Gasteiger partial charge in [0.05, 0.1) is 27.5 Å². The molecule has 0 aliphatic heterocycles. The summed E-state index contributed by atoms with van der Waals surface area (Å²) >= 11 is 0. The third-order valence-corrected chi connectivity index (χ3v) is 3.61. The van der Waals surface area contributed by atoms with Gasteiger partial charge in [-0.1, -0.05) is 6.07 Å². The predicted octanol–water partition coefficient (Wildman–Crippen LogP) is 3.01. The van der Waals surface area contributed by atoms with E-state index in [0.29, 0.717) is 28.6 Å². The number of benzene rings is 1. The van der Waals surface area contributed by atoms with Gasteiger partial charge >= 0.3 is 5.82 Å². The minimum absolute atomic E-state index is 0.116. The first-order chi connectivity index (χ1) is 12.1. The van der Waals surface area contributed by atoms with Crippen molar-refractivity contribution in [1.82, 2.24) is 9.38 Å². The van der Waals surface area contributed by atoms with E-state index >= 15 is 0 Å². The Labute approximate surface area is 142 Å². The Kier molecular flexibility index (Phi) is 4.29. The summed E-state index contributed by atoms with van der Waals surface area (Å²) in [7, 11) is 4.49. The van der Waals surface area contributed by atoms with Gasteiger partial charge in [0.2, 0.25) is 17.2 Å². The van der Waals surface area contributed by atoms with E-state index in [0.717, 1.165) is 0 Å². The zero-order valence-corrected chi connectivity index (χ0v) is 13.8. The molecule has 0 saturated carbocycles. The summed E-state index contributed by atoms with van der Waals surface area (Å²) < 4.78 is 17.2. The predicted molar refractivity (Wildman–Crippen MR) is 91.2 cm³/mol. The Morgan fingerprint density at radius 2 is 1.80 bits per heavy atom. The molecule has 2 heterocycles. The zero-order chi connectivity index (χ0) is 18.0. The zero-order valence-electron chi connectivity index (χ0n) is 13.8. The van der Waals surface area contributed by atoms with Crippen LogP contribution in [0.15, 0.2) is 36.5 Å². The number of aromatic nitrogens is 2. The molecule has 0 amide bonds. The summed E-state index contributed by atoms with van der Waals surface area (Å²) in [6, 6.07) is 8.44. The van der Waals surface area contributed by atoms with Crippen molar-refractivity contribution in [3.05, 3.63) is 46.6 Å². The average molecular weight is 344 g/mol. The van der Waals surface area contributed by atoms with Crippen molar-refractivity contribution in [3.63, 3.8) is 0 Å². The van der Waals surface area contributed by atoms with Crippen LogP contribution in [0.1, 0.15) is 0 Å². The highest BCUT2D eigenvalue weighted by molar-refractivity contribution is 5.72. The van der Waals surface area contributed by atoms with Gasteiger partial charge in [-0.3, -0.25) is 0 Å². The van der Waals surface area contributed by atoms with Crippen LogP contribution in [-0.2, 0) is 0 Å². The normalized spacial score (nSPS) is 10.5. The Morgan fingerprint density at radius 3 is 2.36 bits per heavy atom. The van der Waals surface area contributed by atoms with Crippen molar-refractivity contribution >= 4 is 23.0 Å². The third kappa shape index (κ3) is 2.87. The fraction of sp³-hybridized carbons (Fsp3) is 0.188. The van der Waals surface area contributed by atoms with Crippen molar-refractivity contribution in [3.8, 4) is 17.2 Å². The molecule has 0 aliphatic carbocycles. The second kappa shape index (κ2) is 6.56. The average Bonchev–Trinajstić information content (AvgIpc) is 2.98. The molecule has 130 valence electrons. The standard InChI is InChI=1S/C16H16N4O5/c1-23-11-8-10(9-12(24-2)14(11)25-3)17-15-16(20(21)22)19-7-5-4-6-13(19)18-15/h4-9,17H,1-3H3. The van der Waals surface area contributed by atoms with Gasteiger partial charge in [-0.2, -0.15) is 9.38 Å². The third-order valence-electron chi connectivity index (χ3n) is 3.61. The monoisotopic (exact) mass is 344 g/mol. The molecule has 0 atom stereocenters. The topological polar surface area (TPSA) is 100 Å². The molecule has 1 aromatic carbocycles. The molecular weight excluding hydrogens is 328 g/mol. The first-order valence-electron chi connectivity index (χ1n) is 7.27. The summed E-state index contributed by atoms with van der Waals surface area (Å²) in [5.41, 5.74) is 0.977. The Bertz CT molecular complexity index is 912. The minimum Gasteiger partial charge on any atom is -0.493 e. The smallest absolute Gasteiger partial charge is 0.372 e. The highest BCUT2D eigenvalue weighted by Crippen LogP contribution is 2.41. The fourth-order valence-electron chi connectivity index (χ4n) is 2.53. The Morgan fingerprint density at radius 1 is 1.12 bits per heavy atom. The maximum absolute atomic E-state index is 11.5. The fourth-order valence-corrected chi connectivity index (χ4v) is 2.53. The van der Waals surface area contributed by atoms with E-state index in [1.54, 1.807) is 36.5 Å². The van der Waals surface area contributed by atoms with E-state index in [1.165, 1.54) is 25.7 Å². The summed E-state index contributed by atoms with van der Waals surface area (Å²) in [5, 5.41) is 14.4. The molecule has 0 spiro atoms. The number of nitrogens with zero attached hydrogens (tertiary/aromatic N) is 3. The molecular formula is C16H16N4O5. The van der Waals surface area contributed by atoms with Crippen LogP contribution in [0, 0.1) is 10.1 Å². The molecule has 9 nitrogen and oxygen atoms in total. The van der Waals surface area contributed by atoms with Gasteiger partial charge in [0, 0.05) is 23.9 Å². The number of anilines is 2. The van der Waals surface area contributed by atoms with Crippen molar-refractivity contribution in [1.29, 1.82) is 0 Å². The van der Waals surface area contributed by atoms with Crippen LogP contribution in [0.2, 0.25) is 0 Å². The van der Waals surface area contributed by atoms with Gasteiger partial charge in [-0.05, 0) is 11.0 Å². The van der Waals surface area contributed by atoms with Crippen molar-refractivity contribution in [2.24, 2.45) is 0 Å². The number of nitrogens with one attached hydrogen (secondary N) is 1. The van der Waals surface area contributed by atoms with Crippen molar-refractivity contribution < 1.29 is 19.1 Å². The van der Waals surface area contributed by atoms with Gasteiger partial charge < -0.3 is 29.6 Å². The quantitative estimate of drug-likeness (QED) is 0.542. The number of hydrogen-bond acceptors (Lipinski definition) is 7. The number of fused-ring (bicyclic) bond motifs is 1. The second-order valence-electron chi connectivity index (χ2n) is 5.01. The van der Waals surface area contributed by atoms with E-state index in [-0.39, 0.29) is 11.6 Å². The summed E-state index contributed by atoms with van der Waals surface area (Å²) in [6.45, 7) is 0. The maximum Gasteiger partial charge on any atom is 0.372 e.